The van der Waals surface area contributed by atoms with E-state index in [1.165, 1.54) is 18.2 Å². The van der Waals surface area contributed by atoms with Gasteiger partial charge in [0.25, 0.3) is 5.69 Å². The number of ether oxygens (including phenoxy) is 1. The topological polar surface area (TPSA) is 99.4 Å². The molecule has 0 aliphatic carbocycles. The molecule has 3 aromatic carbocycles. The van der Waals surface area contributed by atoms with Crippen LogP contribution in [0.3, 0.4) is 0 Å². The summed E-state index contributed by atoms with van der Waals surface area (Å²) >= 11 is 3.41. The first-order valence-corrected chi connectivity index (χ1v) is 11.1. The molecule has 0 fully saturated rings. The van der Waals surface area contributed by atoms with Crippen LogP contribution < -0.4 is 0 Å². The summed E-state index contributed by atoms with van der Waals surface area (Å²) < 4.78 is 6.26. The number of esters is 1. The normalized spacial score (nSPS) is 10.8. The molecule has 0 aliphatic rings. The van der Waals surface area contributed by atoms with E-state index < -0.39 is 23.3 Å². The second-order valence-corrected chi connectivity index (χ2v) is 8.76. The Morgan fingerprint density at radius 1 is 1.00 bits per heavy atom. The molecule has 34 heavy (non-hydrogen) atoms. The second-order valence-electron chi connectivity index (χ2n) is 7.84. The third kappa shape index (κ3) is 4.87. The lowest BCUT2D eigenvalue weighted by molar-refractivity contribution is -0.385. The van der Waals surface area contributed by atoms with Crippen molar-refractivity contribution in [1.29, 1.82) is 0 Å². The van der Waals surface area contributed by atoms with E-state index in [-0.39, 0.29) is 16.8 Å². The number of rotatable bonds is 6. The van der Waals surface area contributed by atoms with Gasteiger partial charge in [0.05, 0.1) is 21.7 Å². The lowest BCUT2D eigenvalue weighted by atomic mass is 10.0. The van der Waals surface area contributed by atoms with Crippen LogP contribution in [-0.4, -0.2) is 28.3 Å². The highest BCUT2D eigenvalue weighted by atomic mass is 79.9. The Kier molecular flexibility index (Phi) is 6.51. The first-order valence-electron chi connectivity index (χ1n) is 10.4. The molecule has 0 spiro atoms. The minimum Gasteiger partial charge on any atom is -0.454 e. The molecular formula is C26H19BrN2O5. The molecule has 0 radical (unpaired) electrons. The van der Waals surface area contributed by atoms with Gasteiger partial charge in [-0.25, -0.2) is 9.78 Å². The van der Waals surface area contributed by atoms with Crippen LogP contribution in [0.2, 0.25) is 0 Å². The number of halogens is 1. The standard InChI is InChI=1S/C26H19BrN2O5/c1-15-3-10-22-20(11-15)21(13-23(28-22)17-6-8-19(27)9-7-17)26(31)34-14-25(30)18-5-4-16(2)24(12-18)29(32)33/h3-13H,14H2,1-2H3. The summed E-state index contributed by atoms with van der Waals surface area (Å²) in [5, 5.41) is 11.8. The number of carbonyl (C=O) groups excluding carboxylic acids is 2. The first kappa shape index (κ1) is 23.3. The van der Waals surface area contributed by atoms with E-state index in [1.54, 1.807) is 13.0 Å². The molecule has 4 aromatic rings. The summed E-state index contributed by atoms with van der Waals surface area (Å²) in [6.07, 6.45) is 0. The van der Waals surface area contributed by atoms with Crippen molar-refractivity contribution in [3.63, 3.8) is 0 Å². The van der Waals surface area contributed by atoms with Crippen LogP contribution in [0.1, 0.15) is 31.8 Å². The van der Waals surface area contributed by atoms with E-state index in [0.717, 1.165) is 15.6 Å². The molecule has 0 saturated carbocycles. The zero-order valence-electron chi connectivity index (χ0n) is 18.4. The average molecular weight is 519 g/mol. The van der Waals surface area contributed by atoms with E-state index in [0.29, 0.717) is 22.2 Å². The van der Waals surface area contributed by atoms with Gasteiger partial charge in [-0.15, -0.1) is 0 Å². The number of benzene rings is 3. The number of fused-ring (bicyclic) bond motifs is 1. The summed E-state index contributed by atoms with van der Waals surface area (Å²) in [6, 6.07) is 18.9. The van der Waals surface area contributed by atoms with Gasteiger partial charge in [0.2, 0.25) is 5.78 Å². The molecule has 0 unspecified atom stereocenters. The van der Waals surface area contributed by atoms with E-state index >= 15 is 0 Å². The molecular weight excluding hydrogens is 500 g/mol. The Balaban J connectivity index is 1.64. The van der Waals surface area contributed by atoms with Crippen molar-refractivity contribution in [3.05, 3.63) is 104 Å². The summed E-state index contributed by atoms with van der Waals surface area (Å²) in [4.78, 5) is 40.9. The van der Waals surface area contributed by atoms with Crippen molar-refractivity contribution in [3.8, 4) is 11.3 Å². The van der Waals surface area contributed by atoms with Crippen LogP contribution in [0.15, 0.2) is 71.2 Å². The van der Waals surface area contributed by atoms with Gasteiger partial charge in [-0.3, -0.25) is 14.9 Å². The summed E-state index contributed by atoms with van der Waals surface area (Å²) in [6.45, 7) is 2.96. The second kappa shape index (κ2) is 9.52. The fraction of sp³-hybridized carbons (Fsp3) is 0.115. The highest BCUT2D eigenvalue weighted by molar-refractivity contribution is 9.10. The van der Waals surface area contributed by atoms with Gasteiger partial charge in [-0.05, 0) is 44.2 Å². The minimum atomic E-state index is -0.675. The van der Waals surface area contributed by atoms with Crippen LogP contribution in [0.4, 0.5) is 5.69 Å². The summed E-state index contributed by atoms with van der Waals surface area (Å²) in [5.74, 6) is -1.20. The Morgan fingerprint density at radius 2 is 1.74 bits per heavy atom. The number of ketones is 1. The third-order valence-corrected chi connectivity index (χ3v) is 5.91. The third-order valence-electron chi connectivity index (χ3n) is 5.39. The van der Waals surface area contributed by atoms with E-state index in [1.807, 2.05) is 49.4 Å². The van der Waals surface area contributed by atoms with Crippen molar-refractivity contribution in [2.24, 2.45) is 0 Å². The van der Waals surface area contributed by atoms with Gasteiger partial charge < -0.3 is 4.74 Å². The van der Waals surface area contributed by atoms with Crippen LogP contribution in [0.25, 0.3) is 22.2 Å². The minimum absolute atomic E-state index is 0.107. The van der Waals surface area contributed by atoms with E-state index in [4.69, 9.17) is 4.74 Å². The molecule has 0 aliphatic heterocycles. The maximum Gasteiger partial charge on any atom is 0.339 e. The molecule has 0 atom stereocenters. The Morgan fingerprint density at radius 3 is 2.44 bits per heavy atom. The Hall–Kier alpha value is -3.91. The number of Topliss-reactive ketones (excluding diaryl/α,β-unsaturated/α-hetero) is 1. The lowest BCUT2D eigenvalue weighted by Gasteiger charge is -2.11. The number of carbonyl (C=O) groups is 2. The van der Waals surface area contributed by atoms with Gasteiger partial charge >= 0.3 is 5.97 Å². The molecule has 4 rings (SSSR count). The SMILES string of the molecule is Cc1ccc2nc(-c3ccc(Br)cc3)cc(C(=O)OCC(=O)c3ccc(C)c([N+](=O)[O-])c3)c2c1. The Bertz CT molecular complexity index is 1450. The zero-order valence-corrected chi connectivity index (χ0v) is 20.0. The summed E-state index contributed by atoms with van der Waals surface area (Å²) in [5.41, 5.74) is 3.66. The van der Waals surface area contributed by atoms with Gasteiger partial charge in [0.1, 0.15) is 0 Å². The zero-order chi connectivity index (χ0) is 24.4. The molecule has 8 heteroatoms. The maximum atomic E-state index is 13.1. The quantitative estimate of drug-likeness (QED) is 0.130. The van der Waals surface area contributed by atoms with Gasteiger partial charge in [0.15, 0.2) is 6.61 Å². The van der Waals surface area contributed by atoms with Crippen LogP contribution in [0, 0.1) is 24.0 Å². The summed E-state index contributed by atoms with van der Waals surface area (Å²) in [7, 11) is 0. The maximum absolute atomic E-state index is 13.1. The first-order chi connectivity index (χ1) is 16.2. The number of hydrogen-bond donors (Lipinski definition) is 0. The molecule has 1 heterocycles. The number of aromatic nitrogens is 1. The predicted molar refractivity (Wildman–Crippen MR) is 132 cm³/mol. The van der Waals surface area contributed by atoms with Gasteiger partial charge in [0, 0.05) is 32.6 Å². The van der Waals surface area contributed by atoms with Crippen LogP contribution in [-0.2, 0) is 4.74 Å². The number of pyridine rings is 1. The number of nitrogens with zero attached hydrogens (tertiary/aromatic N) is 2. The molecule has 7 nitrogen and oxygen atoms in total. The monoisotopic (exact) mass is 518 g/mol. The highest BCUT2D eigenvalue weighted by Crippen LogP contribution is 2.27. The molecule has 0 saturated heterocycles. The Labute approximate surface area is 203 Å². The smallest absolute Gasteiger partial charge is 0.339 e. The number of hydrogen-bond acceptors (Lipinski definition) is 6. The largest absolute Gasteiger partial charge is 0.454 e. The van der Waals surface area contributed by atoms with Crippen molar-refractivity contribution < 1.29 is 19.2 Å². The van der Waals surface area contributed by atoms with Crippen molar-refractivity contribution >= 4 is 44.3 Å². The molecule has 0 bridgehead atoms. The van der Waals surface area contributed by atoms with Crippen LogP contribution >= 0.6 is 15.9 Å². The van der Waals surface area contributed by atoms with Crippen molar-refractivity contribution in [1.82, 2.24) is 4.98 Å². The fourth-order valence-electron chi connectivity index (χ4n) is 3.55. The van der Waals surface area contributed by atoms with Gasteiger partial charge in [-0.2, -0.15) is 0 Å². The van der Waals surface area contributed by atoms with E-state index in [9.17, 15) is 19.7 Å². The van der Waals surface area contributed by atoms with Crippen molar-refractivity contribution in [2.75, 3.05) is 6.61 Å². The lowest BCUT2D eigenvalue weighted by Crippen LogP contribution is -2.15. The average Bonchev–Trinajstić information content (AvgIpc) is 2.82. The molecule has 1 aromatic heterocycles. The molecule has 0 N–H and O–H groups in total. The number of nitro benzene ring substituents is 1. The molecule has 0 amide bonds. The fourth-order valence-corrected chi connectivity index (χ4v) is 3.81. The van der Waals surface area contributed by atoms with E-state index in [2.05, 4.69) is 20.9 Å². The van der Waals surface area contributed by atoms with Crippen LogP contribution in [0.5, 0.6) is 0 Å². The number of aryl methyl sites for hydroxylation is 2. The number of nitro groups is 1. The predicted octanol–water partition coefficient (Wildman–Crippen LogP) is 6.23. The van der Waals surface area contributed by atoms with Gasteiger partial charge in [-0.1, -0.05) is 51.8 Å². The van der Waals surface area contributed by atoms with Crippen molar-refractivity contribution in [2.45, 2.75) is 13.8 Å². The highest BCUT2D eigenvalue weighted by Gasteiger charge is 2.19. The molecule has 170 valence electrons.